The Balaban J connectivity index is 1.40. The zero-order valence-corrected chi connectivity index (χ0v) is 16.1. The Bertz CT molecular complexity index is 845. The first kappa shape index (κ1) is 17.9. The number of hydrogen-bond donors (Lipinski definition) is 2. The summed E-state index contributed by atoms with van der Waals surface area (Å²) in [5.74, 6) is 1.90. The predicted octanol–water partition coefficient (Wildman–Crippen LogP) is 1.38. The van der Waals surface area contributed by atoms with Gasteiger partial charge in [0.05, 0.1) is 24.9 Å². The Labute approximate surface area is 163 Å². The summed E-state index contributed by atoms with van der Waals surface area (Å²) < 4.78 is 8.60. The van der Waals surface area contributed by atoms with Crippen LogP contribution in [0.2, 0.25) is 0 Å². The smallest absolute Gasteiger partial charge is 0.256 e. The summed E-state index contributed by atoms with van der Waals surface area (Å²) in [6, 6.07) is 1.96. The molecule has 2 heterocycles. The minimum absolute atomic E-state index is 0.112. The van der Waals surface area contributed by atoms with Crippen molar-refractivity contribution >= 4 is 5.91 Å². The highest BCUT2D eigenvalue weighted by Gasteiger charge is 2.55. The molecule has 8 nitrogen and oxygen atoms in total. The lowest BCUT2D eigenvalue weighted by atomic mass is 9.52. The summed E-state index contributed by atoms with van der Waals surface area (Å²) in [6.07, 6.45) is 9.91. The number of aliphatic hydroxyl groups is 1. The molecule has 6 rings (SSSR count). The van der Waals surface area contributed by atoms with Gasteiger partial charge in [-0.3, -0.25) is 4.79 Å². The monoisotopic (exact) mass is 385 g/mol. The molecule has 4 bridgehead atoms. The number of nitrogens with one attached hydrogen (secondary N) is 1. The number of rotatable bonds is 6. The molecule has 0 radical (unpaired) electrons. The lowest BCUT2D eigenvalue weighted by Crippen LogP contribution is -2.61. The molecule has 8 heteroatoms. The minimum Gasteiger partial charge on any atom is -0.390 e. The van der Waals surface area contributed by atoms with Crippen LogP contribution in [-0.2, 0) is 11.3 Å². The van der Waals surface area contributed by atoms with Crippen LogP contribution in [0.5, 0.6) is 0 Å². The highest BCUT2D eigenvalue weighted by atomic mass is 16.5. The molecule has 2 aromatic rings. The molecule has 2 unspecified atom stereocenters. The zero-order valence-electron chi connectivity index (χ0n) is 16.1. The van der Waals surface area contributed by atoms with Gasteiger partial charge in [-0.2, -0.15) is 10.2 Å². The molecule has 4 aliphatic carbocycles. The number of amides is 1. The number of carbonyl (C=O) groups excluding carboxylic acids is 1. The highest BCUT2D eigenvalue weighted by Crippen LogP contribution is 2.55. The standard InChI is InChI=1S/C20H27N5O3/c1-28-6-5-25-19(24-4-2-3-21-24)16(12-22-25)18(26)23-17-14-7-13-8-15(17)11-20(27,9-13)10-14/h2-4,12-15,17,27H,5-11H2,1H3,(H,23,26)/t13?,14?,15?,17-,20-. The molecule has 2 aromatic heterocycles. The van der Waals surface area contributed by atoms with E-state index < -0.39 is 5.60 Å². The molecule has 0 aromatic carbocycles. The fourth-order valence-corrected chi connectivity index (χ4v) is 5.96. The first-order valence-electron chi connectivity index (χ1n) is 10.1. The normalized spacial score (nSPS) is 33.4. The molecular weight excluding hydrogens is 358 g/mol. The molecule has 0 spiro atoms. The van der Waals surface area contributed by atoms with Gasteiger partial charge in [-0.05, 0) is 55.9 Å². The van der Waals surface area contributed by atoms with Crippen molar-refractivity contribution < 1.29 is 14.6 Å². The van der Waals surface area contributed by atoms with Crippen LogP contribution in [0.1, 0.15) is 42.5 Å². The third-order valence-electron chi connectivity index (χ3n) is 6.82. The van der Waals surface area contributed by atoms with Crippen molar-refractivity contribution in [2.24, 2.45) is 17.8 Å². The topological polar surface area (TPSA) is 94.2 Å². The second kappa shape index (κ2) is 6.70. The summed E-state index contributed by atoms with van der Waals surface area (Å²) in [6.45, 7) is 1.05. The molecule has 0 aliphatic heterocycles. The Morgan fingerprint density at radius 2 is 2.11 bits per heavy atom. The second-order valence-corrected chi connectivity index (χ2v) is 8.74. The first-order valence-corrected chi connectivity index (χ1v) is 10.1. The molecule has 4 fully saturated rings. The van der Waals surface area contributed by atoms with Crippen LogP contribution in [0.3, 0.4) is 0 Å². The van der Waals surface area contributed by atoms with E-state index in [1.54, 1.807) is 28.9 Å². The number of carbonyl (C=O) groups is 1. The van der Waals surface area contributed by atoms with E-state index >= 15 is 0 Å². The van der Waals surface area contributed by atoms with Crippen LogP contribution < -0.4 is 5.32 Å². The van der Waals surface area contributed by atoms with Crippen LogP contribution in [0.15, 0.2) is 24.7 Å². The van der Waals surface area contributed by atoms with Crippen molar-refractivity contribution in [1.29, 1.82) is 0 Å². The fourth-order valence-electron chi connectivity index (χ4n) is 5.96. The number of nitrogens with zero attached hydrogens (tertiary/aromatic N) is 4. The van der Waals surface area contributed by atoms with Gasteiger partial charge in [-0.15, -0.1) is 0 Å². The molecule has 0 saturated heterocycles. The van der Waals surface area contributed by atoms with E-state index in [2.05, 4.69) is 15.5 Å². The minimum atomic E-state index is -0.497. The second-order valence-electron chi connectivity index (χ2n) is 8.74. The Morgan fingerprint density at radius 1 is 1.32 bits per heavy atom. The molecule has 2 atom stereocenters. The van der Waals surface area contributed by atoms with Gasteiger partial charge in [0.25, 0.3) is 5.91 Å². The average molecular weight is 385 g/mol. The molecule has 2 N–H and O–H groups in total. The molecular formula is C20H27N5O3. The number of hydrogen-bond acceptors (Lipinski definition) is 5. The van der Waals surface area contributed by atoms with E-state index in [-0.39, 0.29) is 11.9 Å². The Kier molecular flexibility index (Phi) is 4.28. The van der Waals surface area contributed by atoms with Crippen LogP contribution in [-0.4, -0.2) is 55.9 Å². The molecule has 28 heavy (non-hydrogen) atoms. The SMILES string of the molecule is COCCn1ncc(C(=O)N[C@H]2C3CC4CC2C[C@](O)(C4)C3)c1-n1cccn1. The van der Waals surface area contributed by atoms with Gasteiger partial charge in [-0.1, -0.05) is 0 Å². The van der Waals surface area contributed by atoms with Crippen LogP contribution in [0.4, 0.5) is 0 Å². The molecule has 4 saturated carbocycles. The number of methoxy groups -OCH3 is 1. The number of aromatic nitrogens is 4. The third-order valence-corrected chi connectivity index (χ3v) is 6.82. The maximum atomic E-state index is 13.2. The molecule has 1 amide bonds. The maximum Gasteiger partial charge on any atom is 0.256 e. The zero-order chi connectivity index (χ0) is 19.3. The molecule has 4 aliphatic rings. The van der Waals surface area contributed by atoms with Crippen LogP contribution in [0, 0.1) is 17.8 Å². The lowest BCUT2D eigenvalue weighted by molar-refractivity contribution is -0.136. The van der Waals surface area contributed by atoms with Gasteiger partial charge in [0.2, 0.25) is 0 Å². The van der Waals surface area contributed by atoms with E-state index in [1.165, 1.54) is 0 Å². The number of ether oxygens (including phenoxy) is 1. The quantitative estimate of drug-likeness (QED) is 0.784. The van der Waals surface area contributed by atoms with E-state index in [9.17, 15) is 9.90 Å². The predicted molar refractivity (Wildman–Crippen MR) is 101 cm³/mol. The van der Waals surface area contributed by atoms with E-state index in [1.807, 2.05) is 12.3 Å². The van der Waals surface area contributed by atoms with Gasteiger partial charge < -0.3 is 15.2 Å². The van der Waals surface area contributed by atoms with Gasteiger partial charge in [-0.25, -0.2) is 9.36 Å². The van der Waals surface area contributed by atoms with E-state index in [0.717, 1.165) is 32.1 Å². The van der Waals surface area contributed by atoms with Gasteiger partial charge in [0, 0.05) is 25.5 Å². The van der Waals surface area contributed by atoms with Crippen molar-refractivity contribution in [3.63, 3.8) is 0 Å². The average Bonchev–Trinajstić information content (AvgIpc) is 3.30. The van der Waals surface area contributed by atoms with E-state index in [0.29, 0.717) is 42.3 Å². The van der Waals surface area contributed by atoms with Crippen molar-refractivity contribution in [2.45, 2.75) is 50.3 Å². The summed E-state index contributed by atoms with van der Waals surface area (Å²) in [5.41, 5.74) is 0.0236. The third kappa shape index (κ3) is 2.95. The largest absolute Gasteiger partial charge is 0.390 e. The fraction of sp³-hybridized carbons (Fsp3) is 0.650. The van der Waals surface area contributed by atoms with Crippen molar-refractivity contribution in [1.82, 2.24) is 24.9 Å². The van der Waals surface area contributed by atoms with Crippen LogP contribution >= 0.6 is 0 Å². The van der Waals surface area contributed by atoms with Crippen molar-refractivity contribution in [3.8, 4) is 5.82 Å². The van der Waals surface area contributed by atoms with E-state index in [4.69, 9.17) is 4.74 Å². The first-order chi connectivity index (χ1) is 13.6. The summed E-state index contributed by atoms with van der Waals surface area (Å²) >= 11 is 0. The van der Waals surface area contributed by atoms with Crippen LogP contribution in [0.25, 0.3) is 5.82 Å². The van der Waals surface area contributed by atoms with Crippen molar-refractivity contribution in [3.05, 3.63) is 30.2 Å². The lowest BCUT2D eigenvalue weighted by Gasteiger charge is -2.58. The maximum absolute atomic E-state index is 13.2. The molecule has 150 valence electrons. The van der Waals surface area contributed by atoms with Gasteiger partial charge >= 0.3 is 0 Å². The van der Waals surface area contributed by atoms with Crippen molar-refractivity contribution in [2.75, 3.05) is 13.7 Å². The summed E-state index contributed by atoms with van der Waals surface area (Å²) in [4.78, 5) is 13.2. The van der Waals surface area contributed by atoms with Gasteiger partial charge in [0.1, 0.15) is 5.56 Å². The Morgan fingerprint density at radius 3 is 2.75 bits per heavy atom. The highest BCUT2D eigenvalue weighted by molar-refractivity contribution is 5.97. The van der Waals surface area contributed by atoms with Gasteiger partial charge in [0.15, 0.2) is 5.82 Å². The Hall–Kier alpha value is -2.19. The summed E-state index contributed by atoms with van der Waals surface area (Å²) in [7, 11) is 1.64. The summed E-state index contributed by atoms with van der Waals surface area (Å²) in [5, 5.41) is 22.8.